The minimum atomic E-state index is -0.403. The summed E-state index contributed by atoms with van der Waals surface area (Å²) in [7, 11) is 1.72. The van der Waals surface area contributed by atoms with Crippen molar-refractivity contribution >= 4 is 17.4 Å². The molecule has 0 bridgehead atoms. The molecule has 8 nitrogen and oxygen atoms in total. The number of likely N-dealkylation sites (N-methyl/N-ethyl adjacent to an activating group) is 1. The van der Waals surface area contributed by atoms with Crippen molar-refractivity contribution in [2.24, 2.45) is 5.92 Å². The van der Waals surface area contributed by atoms with Crippen LogP contribution in [0, 0.1) is 5.92 Å². The standard InChI is InChI=1S/C27H34N4O4/c1-18-15-31(19(2)17-32)26(33)22-13-21(20-9-5-4-6-10-20)14-29-25(22)35-24(18)16-30(3)27(34)23-11-7-8-12-28-23/h7-9,11-14,18-19,24,32H,4-6,10,15-17H2,1-3H3/t18-,19+,24+/m1/s1. The summed E-state index contributed by atoms with van der Waals surface area (Å²) >= 11 is 0. The maximum atomic E-state index is 13.6. The van der Waals surface area contributed by atoms with Gasteiger partial charge in [-0.3, -0.25) is 14.6 Å². The summed E-state index contributed by atoms with van der Waals surface area (Å²) in [5.41, 5.74) is 2.89. The molecule has 35 heavy (non-hydrogen) atoms. The Morgan fingerprint density at radius 2 is 2.14 bits per heavy atom. The zero-order valence-electron chi connectivity index (χ0n) is 20.7. The van der Waals surface area contributed by atoms with E-state index < -0.39 is 6.10 Å². The maximum Gasteiger partial charge on any atom is 0.272 e. The van der Waals surface area contributed by atoms with Crippen LogP contribution in [-0.4, -0.2) is 75.6 Å². The SMILES string of the molecule is C[C@@H]1CN([C@@H](C)CO)C(=O)c2cc(C3=CCCCC3)cnc2O[C@H]1CN(C)C(=O)c1ccccn1. The molecule has 2 aromatic heterocycles. The molecule has 186 valence electrons. The van der Waals surface area contributed by atoms with E-state index in [-0.39, 0.29) is 36.3 Å². The zero-order valence-corrected chi connectivity index (χ0v) is 20.7. The van der Waals surface area contributed by atoms with Crippen molar-refractivity contribution in [3.63, 3.8) is 0 Å². The van der Waals surface area contributed by atoms with Crippen molar-refractivity contribution in [2.75, 3.05) is 26.7 Å². The molecule has 2 amide bonds. The second kappa shape index (κ2) is 11.0. The van der Waals surface area contributed by atoms with E-state index in [9.17, 15) is 14.7 Å². The van der Waals surface area contributed by atoms with E-state index in [1.807, 2.05) is 19.9 Å². The van der Waals surface area contributed by atoms with Crippen LogP contribution in [0.5, 0.6) is 5.88 Å². The van der Waals surface area contributed by atoms with Crippen LogP contribution in [0.4, 0.5) is 0 Å². The van der Waals surface area contributed by atoms with Crippen molar-refractivity contribution in [2.45, 2.75) is 51.7 Å². The highest BCUT2D eigenvalue weighted by Crippen LogP contribution is 2.32. The number of ether oxygens (including phenoxy) is 1. The number of pyridine rings is 2. The Morgan fingerprint density at radius 3 is 2.83 bits per heavy atom. The van der Waals surface area contributed by atoms with Crippen LogP contribution in [0.1, 0.15) is 65.9 Å². The molecule has 3 heterocycles. The lowest BCUT2D eigenvalue weighted by Gasteiger charge is -2.37. The molecule has 8 heteroatoms. The Bertz CT molecular complexity index is 1090. The van der Waals surface area contributed by atoms with Gasteiger partial charge in [-0.15, -0.1) is 0 Å². The van der Waals surface area contributed by atoms with Crippen molar-refractivity contribution in [1.29, 1.82) is 0 Å². The number of rotatable bonds is 6. The van der Waals surface area contributed by atoms with Gasteiger partial charge in [0.1, 0.15) is 17.4 Å². The van der Waals surface area contributed by atoms with Gasteiger partial charge in [0.05, 0.1) is 19.2 Å². The van der Waals surface area contributed by atoms with Gasteiger partial charge in [-0.05, 0) is 61.9 Å². The largest absolute Gasteiger partial charge is 0.472 e. The van der Waals surface area contributed by atoms with Crippen LogP contribution in [0.25, 0.3) is 5.57 Å². The van der Waals surface area contributed by atoms with Crippen LogP contribution in [0.3, 0.4) is 0 Å². The van der Waals surface area contributed by atoms with Crippen molar-refractivity contribution in [3.8, 4) is 5.88 Å². The topological polar surface area (TPSA) is 95.9 Å². The third kappa shape index (κ3) is 5.53. The third-order valence-electron chi connectivity index (χ3n) is 6.87. The molecule has 0 aromatic carbocycles. The highest BCUT2D eigenvalue weighted by Gasteiger charge is 2.35. The Hall–Kier alpha value is -3.26. The van der Waals surface area contributed by atoms with Gasteiger partial charge < -0.3 is 19.6 Å². The van der Waals surface area contributed by atoms with Gasteiger partial charge in [-0.1, -0.05) is 19.1 Å². The molecule has 2 aliphatic rings. The number of amides is 2. The molecule has 0 unspecified atom stereocenters. The smallest absolute Gasteiger partial charge is 0.272 e. The fourth-order valence-corrected chi connectivity index (χ4v) is 4.63. The summed E-state index contributed by atoms with van der Waals surface area (Å²) in [4.78, 5) is 38.5. The second-order valence-electron chi connectivity index (χ2n) is 9.58. The lowest BCUT2D eigenvalue weighted by molar-refractivity contribution is 0.0312. The predicted octanol–water partition coefficient (Wildman–Crippen LogP) is 3.43. The molecular weight excluding hydrogens is 444 g/mol. The lowest BCUT2D eigenvalue weighted by atomic mass is 9.93. The number of aliphatic hydroxyl groups is 1. The minimum absolute atomic E-state index is 0.109. The van der Waals surface area contributed by atoms with E-state index in [4.69, 9.17) is 4.74 Å². The van der Waals surface area contributed by atoms with Crippen molar-refractivity contribution < 1.29 is 19.4 Å². The second-order valence-corrected chi connectivity index (χ2v) is 9.58. The zero-order chi connectivity index (χ0) is 24.9. The summed E-state index contributed by atoms with van der Waals surface area (Å²) in [5.74, 6) is -0.244. The highest BCUT2D eigenvalue weighted by molar-refractivity contribution is 5.97. The highest BCUT2D eigenvalue weighted by atomic mass is 16.5. The molecule has 1 N–H and O–H groups in total. The maximum absolute atomic E-state index is 13.6. The number of aromatic nitrogens is 2. The van der Waals surface area contributed by atoms with Crippen molar-refractivity contribution in [3.05, 3.63) is 59.6 Å². The number of hydrogen-bond donors (Lipinski definition) is 1. The first-order valence-electron chi connectivity index (χ1n) is 12.3. The van der Waals surface area contributed by atoms with Crippen LogP contribution >= 0.6 is 0 Å². The van der Waals surface area contributed by atoms with Gasteiger partial charge in [-0.2, -0.15) is 0 Å². The van der Waals surface area contributed by atoms with E-state index in [2.05, 4.69) is 16.0 Å². The molecule has 2 aromatic rings. The third-order valence-corrected chi connectivity index (χ3v) is 6.87. The van der Waals surface area contributed by atoms with E-state index in [1.54, 1.807) is 47.4 Å². The van der Waals surface area contributed by atoms with E-state index in [0.717, 1.165) is 24.8 Å². The summed E-state index contributed by atoms with van der Waals surface area (Å²) in [6.07, 6.45) is 9.48. The summed E-state index contributed by atoms with van der Waals surface area (Å²) in [6, 6.07) is 6.74. The number of aliphatic hydroxyl groups excluding tert-OH is 1. The summed E-state index contributed by atoms with van der Waals surface area (Å²) < 4.78 is 6.33. The minimum Gasteiger partial charge on any atom is -0.472 e. The van der Waals surface area contributed by atoms with Crippen molar-refractivity contribution in [1.82, 2.24) is 19.8 Å². The molecule has 3 atom stereocenters. The molecule has 0 saturated carbocycles. The Kier molecular flexibility index (Phi) is 7.80. The van der Waals surface area contributed by atoms with Crippen LogP contribution in [0.2, 0.25) is 0 Å². The fraction of sp³-hybridized carbons (Fsp3) is 0.481. The molecule has 0 fully saturated rings. The number of fused-ring (bicyclic) bond motifs is 1. The molecular formula is C27H34N4O4. The monoisotopic (exact) mass is 478 g/mol. The summed E-state index contributed by atoms with van der Waals surface area (Å²) in [5, 5.41) is 9.86. The van der Waals surface area contributed by atoms with Gasteiger partial charge in [0.2, 0.25) is 5.88 Å². The van der Waals surface area contributed by atoms with E-state index >= 15 is 0 Å². The number of allylic oxidation sites excluding steroid dienone is 2. The first-order chi connectivity index (χ1) is 16.9. The van der Waals surface area contributed by atoms with Gasteiger partial charge in [-0.25, -0.2) is 4.98 Å². The molecule has 0 spiro atoms. The van der Waals surface area contributed by atoms with Gasteiger partial charge in [0, 0.05) is 31.9 Å². The molecule has 1 aliphatic carbocycles. The first-order valence-corrected chi connectivity index (χ1v) is 12.3. The number of carbonyl (C=O) groups is 2. The average molecular weight is 479 g/mol. The van der Waals surface area contributed by atoms with Gasteiger partial charge in [0.15, 0.2) is 0 Å². The predicted molar refractivity (Wildman–Crippen MR) is 133 cm³/mol. The Labute approximate surface area is 206 Å². The molecule has 0 radical (unpaired) electrons. The lowest BCUT2D eigenvalue weighted by Crippen LogP contribution is -2.50. The van der Waals surface area contributed by atoms with Gasteiger partial charge in [0.25, 0.3) is 11.8 Å². The van der Waals surface area contributed by atoms with E-state index in [1.165, 1.54) is 12.0 Å². The van der Waals surface area contributed by atoms with E-state index in [0.29, 0.717) is 24.3 Å². The Balaban J connectivity index is 1.66. The average Bonchev–Trinajstić information content (AvgIpc) is 2.90. The number of hydrogen-bond acceptors (Lipinski definition) is 6. The molecule has 4 rings (SSSR count). The summed E-state index contributed by atoms with van der Waals surface area (Å²) in [6.45, 7) is 4.37. The van der Waals surface area contributed by atoms with Gasteiger partial charge >= 0.3 is 0 Å². The normalized spacial score (nSPS) is 21.2. The Morgan fingerprint density at radius 1 is 1.31 bits per heavy atom. The molecule has 0 saturated heterocycles. The van der Waals surface area contributed by atoms with Crippen LogP contribution < -0.4 is 4.74 Å². The number of nitrogens with zero attached hydrogens (tertiary/aromatic N) is 4. The number of carbonyl (C=O) groups excluding carboxylic acids is 2. The van der Waals surface area contributed by atoms with Crippen LogP contribution in [-0.2, 0) is 0 Å². The molecule has 1 aliphatic heterocycles. The fourth-order valence-electron chi connectivity index (χ4n) is 4.63. The first kappa shape index (κ1) is 24.9. The quantitative estimate of drug-likeness (QED) is 0.684. The van der Waals surface area contributed by atoms with Crippen LogP contribution in [0.15, 0.2) is 42.7 Å².